The fraction of sp³-hybridized carbons (Fsp3) is 0.500. The highest BCUT2D eigenvalue weighted by molar-refractivity contribution is 5.73. The third kappa shape index (κ3) is 3.37. The SMILES string of the molecule is CCOc1ccc2c(c1)CC[C@@H]1[C@@H]2CC[C@]2(C)C(c3cncc(C(F)(F)F)c3)=CC[C@@H]12. The third-order valence-corrected chi connectivity index (χ3v) is 7.97. The molecular formula is C26H28F3NO. The summed E-state index contributed by atoms with van der Waals surface area (Å²) in [6.07, 6.45) is 5.54. The Bertz CT molecular complexity index is 1030. The summed E-state index contributed by atoms with van der Waals surface area (Å²) >= 11 is 0. The second-order valence-electron chi connectivity index (χ2n) is 9.48. The largest absolute Gasteiger partial charge is 0.494 e. The van der Waals surface area contributed by atoms with Gasteiger partial charge in [0.15, 0.2) is 0 Å². The smallest absolute Gasteiger partial charge is 0.417 e. The van der Waals surface area contributed by atoms with E-state index in [0.717, 1.165) is 49.6 Å². The summed E-state index contributed by atoms with van der Waals surface area (Å²) in [6.45, 7) is 4.94. The van der Waals surface area contributed by atoms with Crippen LogP contribution in [0.25, 0.3) is 5.57 Å². The molecule has 0 saturated heterocycles. The summed E-state index contributed by atoms with van der Waals surface area (Å²) in [5.74, 6) is 2.51. The average molecular weight is 428 g/mol. The first-order valence-electron chi connectivity index (χ1n) is 11.3. The Morgan fingerprint density at radius 2 is 2.00 bits per heavy atom. The highest BCUT2D eigenvalue weighted by Gasteiger charge is 2.52. The normalized spacial score (nSPS) is 29.6. The zero-order valence-corrected chi connectivity index (χ0v) is 18.0. The maximum atomic E-state index is 13.3. The maximum Gasteiger partial charge on any atom is 0.417 e. The standard InChI is InChI=1S/C26H28F3NO/c1-3-31-19-5-7-20-16(13-19)4-6-22-21(20)10-11-25(2)23(8-9-24(22)25)17-12-18(15-30-14-17)26(27,28)29/h5,7-8,12-15,21-22,24H,3-4,6,9-11H2,1-2H3/t21-,22-,24+,25-/m1/s1. The van der Waals surface area contributed by atoms with Crippen molar-refractivity contribution in [2.24, 2.45) is 17.3 Å². The highest BCUT2D eigenvalue weighted by atomic mass is 19.4. The predicted molar refractivity (Wildman–Crippen MR) is 115 cm³/mol. The quantitative estimate of drug-likeness (QED) is 0.524. The Balaban J connectivity index is 1.43. The minimum absolute atomic E-state index is 0.0875. The van der Waals surface area contributed by atoms with Crippen LogP contribution in [-0.2, 0) is 12.6 Å². The summed E-state index contributed by atoms with van der Waals surface area (Å²) in [4.78, 5) is 3.93. The molecule has 0 spiro atoms. The van der Waals surface area contributed by atoms with Crippen LogP contribution in [-0.4, -0.2) is 11.6 Å². The fourth-order valence-corrected chi connectivity index (χ4v) is 6.57. The Morgan fingerprint density at radius 1 is 1.16 bits per heavy atom. The topological polar surface area (TPSA) is 22.1 Å². The average Bonchev–Trinajstić information content (AvgIpc) is 3.10. The van der Waals surface area contributed by atoms with E-state index in [1.165, 1.54) is 17.2 Å². The van der Waals surface area contributed by atoms with E-state index in [0.29, 0.717) is 29.9 Å². The van der Waals surface area contributed by atoms with Crippen LogP contribution in [0.4, 0.5) is 13.2 Å². The van der Waals surface area contributed by atoms with E-state index >= 15 is 0 Å². The molecular weight excluding hydrogens is 399 g/mol. The Labute approximate surface area is 181 Å². The van der Waals surface area contributed by atoms with Crippen LogP contribution in [0.5, 0.6) is 5.75 Å². The Hall–Kier alpha value is -2.30. The number of hydrogen-bond acceptors (Lipinski definition) is 2. The summed E-state index contributed by atoms with van der Waals surface area (Å²) in [5, 5.41) is 0. The van der Waals surface area contributed by atoms with Crippen molar-refractivity contribution in [3.8, 4) is 5.75 Å². The van der Waals surface area contributed by atoms with Gasteiger partial charge in [0.2, 0.25) is 0 Å². The molecule has 2 aromatic rings. The molecule has 164 valence electrons. The molecule has 0 unspecified atom stereocenters. The molecule has 5 heteroatoms. The molecule has 31 heavy (non-hydrogen) atoms. The number of allylic oxidation sites excluding steroid dienone is 2. The molecule has 3 aliphatic rings. The molecule has 1 heterocycles. The van der Waals surface area contributed by atoms with Crippen LogP contribution in [0.15, 0.2) is 42.7 Å². The molecule has 0 N–H and O–H groups in total. The van der Waals surface area contributed by atoms with Crippen LogP contribution < -0.4 is 4.74 Å². The molecule has 3 aliphatic carbocycles. The zero-order valence-electron chi connectivity index (χ0n) is 18.0. The van der Waals surface area contributed by atoms with Gasteiger partial charge in [0.05, 0.1) is 12.2 Å². The lowest BCUT2D eigenvalue weighted by Crippen LogP contribution is -2.40. The van der Waals surface area contributed by atoms with Crippen molar-refractivity contribution < 1.29 is 17.9 Å². The number of hydrogen-bond donors (Lipinski definition) is 0. The first-order valence-corrected chi connectivity index (χ1v) is 11.3. The van der Waals surface area contributed by atoms with E-state index < -0.39 is 11.7 Å². The number of pyridine rings is 1. The molecule has 1 fully saturated rings. The van der Waals surface area contributed by atoms with Crippen molar-refractivity contribution in [3.63, 3.8) is 0 Å². The molecule has 1 saturated carbocycles. The predicted octanol–water partition coefficient (Wildman–Crippen LogP) is 7.05. The van der Waals surface area contributed by atoms with Crippen LogP contribution in [0.3, 0.4) is 0 Å². The second kappa shape index (κ2) is 7.39. The van der Waals surface area contributed by atoms with Gasteiger partial charge < -0.3 is 4.74 Å². The fourth-order valence-electron chi connectivity index (χ4n) is 6.57. The van der Waals surface area contributed by atoms with Gasteiger partial charge in [-0.3, -0.25) is 4.98 Å². The summed E-state index contributed by atoms with van der Waals surface area (Å²) in [7, 11) is 0. The molecule has 1 aromatic carbocycles. The van der Waals surface area contributed by atoms with Gasteiger partial charge in [0.25, 0.3) is 0 Å². The number of alkyl halides is 3. The third-order valence-electron chi connectivity index (χ3n) is 7.97. The van der Waals surface area contributed by atoms with E-state index in [9.17, 15) is 13.2 Å². The first-order chi connectivity index (χ1) is 14.8. The molecule has 0 aliphatic heterocycles. The number of halogens is 3. The lowest BCUT2D eigenvalue weighted by molar-refractivity contribution is -0.137. The van der Waals surface area contributed by atoms with Crippen molar-refractivity contribution in [2.45, 2.75) is 58.0 Å². The zero-order chi connectivity index (χ0) is 21.8. The number of rotatable bonds is 3. The summed E-state index contributed by atoms with van der Waals surface area (Å²) in [5.41, 5.74) is 3.81. The van der Waals surface area contributed by atoms with Gasteiger partial charge in [0, 0.05) is 12.4 Å². The molecule has 4 atom stereocenters. The van der Waals surface area contributed by atoms with Gasteiger partial charge in [0.1, 0.15) is 5.75 Å². The van der Waals surface area contributed by atoms with Gasteiger partial charge in [-0.05, 0) is 103 Å². The lowest BCUT2D eigenvalue weighted by Gasteiger charge is -2.50. The number of ether oxygens (including phenoxy) is 1. The highest BCUT2D eigenvalue weighted by Crippen LogP contribution is 2.63. The molecule has 1 aromatic heterocycles. The van der Waals surface area contributed by atoms with Crippen LogP contribution in [0.1, 0.15) is 67.7 Å². The van der Waals surface area contributed by atoms with E-state index in [1.807, 2.05) is 6.92 Å². The van der Waals surface area contributed by atoms with E-state index in [2.05, 4.69) is 36.2 Å². The van der Waals surface area contributed by atoms with E-state index in [4.69, 9.17) is 4.74 Å². The van der Waals surface area contributed by atoms with Crippen molar-refractivity contribution in [3.05, 3.63) is 65.0 Å². The van der Waals surface area contributed by atoms with Crippen LogP contribution in [0, 0.1) is 17.3 Å². The minimum Gasteiger partial charge on any atom is -0.494 e. The Kier molecular flexibility index (Phi) is 4.91. The summed E-state index contributed by atoms with van der Waals surface area (Å²) < 4.78 is 45.5. The number of benzene rings is 1. The molecule has 5 rings (SSSR count). The molecule has 0 amide bonds. The van der Waals surface area contributed by atoms with Gasteiger partial charge in [-0.2, -0.15) is 13.2 Å². The van der Waals surface area contributed by atoms with Crippen molar-refractivity contribution in [2.75, 3.05) is 6.61 Å². The van der Waals surface area contributed by atoms with E-state index in [1.54, 1.807) is 6.20 Å². The number of aromatic nitrogens is 1. The van der Waals surface area contributed by atoms with E-state index in [-0.39, 0.29) is 5.41 Å². The minimum atomic E-state index is -4.37. The molecule has 0 bridgehead atoms. The number of fused-ring (bicyclic) bond motifs is 5. The number of nitrogens with zero attached hydrogens (tertiary/aromatic N) is 1. The van der Waals surface area contributed by atoms with Crippen molar-refractivity contribution in [1.82, 2.24) is 4.98 Å². The van der Waals surface area contributed by atoms with Crippen LogP contribution in [0.2, 0.25) is 0 Å². The van der Waals surface area contributed by atoms with Gasteiger partial charge in [-0.1, -0.05) is 19.1 Å². The molecule has 2 nitrogen and oxygen atoms in total. The van der Waals surface area contributed by atoms with Crippen molar-refractivity contribution in [1.29, 1.82) is 0 Å². The number of aryl methyl sites for hydroxylation is 1. The lowest BCUT2D eigenvalue weighted by atomic mass is 9.54. The van der Waals surface area contributed by atoms with Gasteiger partial charge in [-0.25, -0.2) is 0 Å². The monoisotopic (exact) mass is 427 g/mol. The Morgan fingerprint density at radius 3 is 2.77 bits per heavy atom. The van der Waals surface area contributed by atoms with Gasteiger partial charge >= 0.3 is 6.18 Å². The molecule has 0 radical (unpaired) electrons. The second-order valence-corrected chi connectivity index (χ2v) is 9.48. The van der Waals surface area contributed by atoms with Crippen LogP contribution >= 0.6 is 0 Å². The first kappa shape index (κ1) is 20.6. The van der Waals surface area contributed by atoms with Gasteiger partial charge in [-0.15, -0.1) is 0 Å². The maximum absolute atomic E-state index is 13.3. The summed E-state index contributed by atoms with van der Waals surface area (Å²) in [6, 6.07) is 7.82. The van der Waals surface area contributed by atoms with Crippen molar-refractivity contribution >= 4 is 5.57 Å².